The molecule has 0 atom stereocenters. The van der Waals surface area contributed by atoms with Crippen molar-refractivity contribution in [2.75, 3.05) is 0 Å². The van der Waals surface area contributed by atoms with E-state index < -0.39 is 0 Å². The Kier molecular flexibility index (Phi) is 3.61. The molecule has 1 aliphatic rings. The normalized spacial score (nSPS) is 13.1. The second kappa shape index (κ2) is 5.38. The molecule has 2 heteroatoms. The maximum atomic E-state index is 6.12. The molecule has 94 valence electrons. The molecular formula is C17H12BrCl. The standard InChI is InChI=1S/C17H12BrCl/c18-10-9-17-15-4-2-1-3-12(15)5-6-13-11-14(19)7-8-16(13)17/h1-4,7-8,10-11H,5-6H2. The monoisotopic (exact) mass is 330 g/mol. The first-order valence-electron chi connectivity index (χ1n) is 6.22. The molecule has 19 heavy (non-hydrogen) atoms. The van der Waals surface area contributed by atoms with E-state index in [1.165, 1.54) is 22.3 Å². The molecule has 0 spiro atoms. The average Bonchev–Trinajstić information content (AvgIpc) is 2.57. The molecule has 0 radical (unpaired) electrons. The van der Waals surface area contributed by atoms with E-state index in [1.54, 1.807) is 4.99 Å². The smallest absolute Gasteiger partial charge is 0.0409 e. The number of hydrogen-bond donors (Lipinski definition) is 0. The highest BCUT2D eigenvalue weighted by atomic mass is 79.9. The van der Waals surface area contributed by atoms with Crippen LogP contribution < -0.4 is 0 Å². The zero-order chi connectivity index (χ0) is 13.2. The minimum atomic E-state index is 0.798. The third kappa shape index (κ3) is 2.42. The topological polar surface area (TPSA) is 0 Å². The van der Waals surface area contributed by atoms with Gasteiger partial charge in [0.2, 0.25) is 0 Å². The summed E-state index contributed by atoms with van der Waals surface area (Å²) in [6, 6.07) is 14.6. The van der Waals surface area contributed by atoms with E-state index in [0.29, 0.717) is 0 Å². The summed E-state index contributed by atoms with van der Waals surface area (Å²) in [6.07, 6.45) is 2.05. The van der Waals surface area contributed by atoms with E-state index in [-0.39, 0.29) is 0 Å². The third-order valence-corrected chi connectivity index (χ3v) is 3.95. The van der Waals surface area contributed by atoms with Crippen molar-refractivity contribution in [1.82, 2.24) is 0 Å². The molecule has 0 aromatic heterocycles. The first-order valence-corrected chi connectivity index (χ1v) is 7.51. The molecule has 0 heterocycles. The van der Waals surface area contributed by atoms with Gasteiger partial charge < -0.3 is 0 Å². The number of rotatable bonds is 0. The Bertz CT molecular complexity index is 694. The summed E-state index contributed by atoms with van der Waals surface area (Å²) in [7, 11) is 0. The molecule has 0 nitrogen and oxygen atoms in total. The van der Waals surface area contributed by atoms with Gasteiger partial charge in [-0.1, -0.05) is 57.9 Å². The van der Waals surface area contributed by atoms with Crippen molar-refractivity contribution in [2.24, 2.45) is 0 Å². The zero-order valence-corrected chi connectivity index (χ0v) is 12.6. The molecule has 0 saturated carbocycles. The van der Waals surface area contributed by atoms with Crippen LogP contribution in [0.4, 0.5) is 0 Å². The Morgan fingerprint density at radius 2 is 1.74 bits per heavy atom. The van der Waals surface area contributed by atoms with E-state index in [1.807, 2.05) is 6.07 Å². The molecule has 0 aliphatic heterocycles. The van der Waals surface area contributed by atoms with Crippen LogP contribution in [0, 0.1) is 0 Å². The van der Waals surface area contributed by atoms with Crippen molar-refractivity contribution in [2.45, 2.75) is 12.8 Å². The van der Waals surface area contributed by atoms with Gasteiger partial charge in [0.25, 0.3) is 0 Å². The van der Waals surface area contributed by atoms with E-state index in [0.717, 1.165) is 23.4 Å². The van der Waals surface area contributed by atoms with Gasteiger partial charge in [0.15, 0.2) is 0 Å². The highest BCUT2D eigenvalue weighted by molar-refractivity contribution is 9.11. The van der Waals surface area contributed by atoms with Gasteiger partial charge in [-0.3, -0.25) is 0 Å². The van der Waals surface area contributed by atoms with Crippen LogP contribution in [-0.4, -0.2) is 0 Å². The van der Waals surface area contributed by atoms with E-state index >= 15 is 0 Å². The van der Waals surface area contributed by atoms with Gasteiger partial charge in [-0.15, -0.1) is 5.73 Å². The van der Waals surface area contributed by atoms with E-state index in [4.69, 9.17) is 11.6 Å². The van der Waals surface area contributed by atoms with Crippen LogP contribution in [0.25, 0.3) is 5.57 Å². The molecule has 2 aromatic rings. The molecule has 1 aliphatic carbocycles. The Morgan fingerprint density at radius 1 is 1.00 bits per heavy atom. The Labute approximate surface area is 126 Å². The van der Waals surface area contributed by atoms with Gasteiger partial charge in [0, 0.05) is 15.6 Å². The highest BCUT2D eigenvalue weighted by Gasteiger charge is 2.17. The van der Waals surface area contributed by atoms with Gasteiger partial charge in [-0.2, -0.15) is 0 Å². The molecule has 2 aromatic carbocycles. The largest absolute Gasteiger partial charge is 0.104 e. The second-order valence-electron chi connectivity index (χ2n) is 4.59. The van der Waals surface area contributed by atoms with Crippen LogP contribution in [0.2, 0.25) is 5.02 Å². The van der Waals surface area contributed by atoms with Gasteiger partial charge in [0.1, 0.15) is 0 Å². The lowest BCUT2D eigenvalue weighted by Crippen LogP contribution is -1.91. The summed E-state index contributed by atoms with van der Waals surface area (Å²) in [5, 5.41) is 0.798. The maximum Gasteiger partial charge on any atom is 0.0409 e. The fraction of sp³-hybridized carbons (Fsp3) is 0.118. The number of hydrogen-bond acceptors (Lipinski definition) is 0. The van der Waals surface area contributed by atoms with Gasteiger partial charge in [-0.25, -0.2) is 0 Å². The van der Waals surface area contributed by atoms with Crippen molar-refractivity contribution in [3.8, 4) is 0 Å². The molecule has 0 N–H and O–H groups in total. The van der Waals surface area contributed by atoms with Gasteiger partial charge in [-0.05, 0) is 47.2 Å². The van der Waals surface area contributed by atoms with Crippen LogP contribution in [0.5, 0.6) is 0 Å². The van der Waals surface area contributed by atoms with Crippen LogP contribution in [0.15, 0.2) is 53.2 Å². The van der Waals surface area contributed by atoms with Crippen LogP contribution >= 0.6 is 27.5 Å². The zero-order valence-electron chi connectivity index (χ0n) is 10.3. The molecular weight excluding hydrogens is 320 g/mol. The number of fused-ring (bicyclic) bond motifs is 2. The highest BCUT2D eigenvalue weighted by Crippen LogP contribution is 2.34. The quantitative estimate of drug-likeness (QED) is 0.569. The third-order valence-electron chi connectivity index (χ3n) is 3.49. The van der Waals surface area contributed by atoms with Gasteiger partial charge >= 0.3 is 0 Å². The lowest BCUT2D eigenvalue weighted by atomic mass is 9.95. The first-order chi connectivity index (χ1) is 9.29. The summed E-state index contributed by atoms with van der Waals surface area (Å²) >= 11 is 9.46. The predicted octanol–water partition coefficient (Wildman–Crippen LogP) is 5.38. The number of halogens is 2. The maximum absolute atomic E-state index is 6.12. The molecule has 0 bridgehead atoms. The molecule has 0 fully saturated rings. The van der Waals surface area contributed by atoms with Crippen molar-refractivity contribution < 1.29 is 0 Å². The second-order valence-corrected chi connectivity index (χ2v) is 5.48. The molecule has 0 unspecified atom stereocenters. The average molecular weight is 332 g/mol. The fourth-order valence-corrected chi connectivity index (χ4v) is 3.04. The summed E-state index contributed by atoms with van der Waals surface area (Å²) < 4.78 is 0. The van der Waals surface area contributed by atoms with Crippen LogP contribution in [0.3, 0.4) is 0 Å². The summed E-state index contributed by atoms with van der Waals surface area (Å²) in [5.74, 6) is 0. The summed E-state index contributed by atoms with van der Waals surface area (Å²) in [5.41, 5.74) is 9.61. The molecule has 0 amide bonds. The van der Waals surface area contributed by atoms with E-state index in [9.17, 15) is 0 Å². The minimum absolute atomic E-state index is 0.798. The van der Waals surface area contributed by atoms with Crippen LogP contribution in [0.1, 0.15) is 22.3 Å². The minimum Gasteiger partial charge on any atom is -0.104 e. The Balaban J connectivity index is 2.31. The van der Waals surface area contributed by atoms with Crippen molar-refractivity contribution in [3.63, 3.8) is 0 Å². The SMILES string of the molecule is Clc1ccc2c(c1)CCc1ccccc1C2=C=CBr. The Hall–Kier alpha value is -1.27. The molecule has 3 rings (SSSR count). The lowest BCUT2D eigenvalue weighted by Gasteiger charge is -2.09. The van der Waals surface area contributed by atoms with Gasteiger partial charge in [0.05, 0.1) is 0 Å². The number of aryl methyl sites for hydroxylation is 2. The van der Waals surface area contributed by atoms with Crippen molar-refractivity contribution >= 4 is 33.1 Å². The van der Waals surface area contributed by atoms with Crippen LogP contribution in [-0.2, 0) is 12.8 Å². The summed E-state index contributed by atoms with van der Waals surface area (Å²) in [6.45, 7) is 0. The number of benzene rings is 2. The molecule has 0 saturated heterocycles. The first kappa shape index (κ1) is 12.7. The van der Waals surface area contributed by atoms with Crippen molar-refractivity contribution in [1.29, 1.82) is 0 Å². The van der Waals surface area contributed by atoms with Crippen molar-refractivity contribution in [3.05, 3.63) is 80.5 Å². The summed E-state index contributed by atoms with van der Waals surface area (Å²) in [4.78, 5) is 1.79. The predicted molar refractivity (Wildman–Crippen MR) is 84.8 cm³/mol. The lowest BCUT2D eigenvalue weighted by molar-refractivity contribution is 0.965. The van der Waals surface area contributed by atoms with E-state index in [2.05, 4.69) is 58.1 Å². The fourth-order valence-electron chi connectivity index (χ4n) is 2.62. The Morgan fingerprint density at radius 3 is 2.58 bits per heavy atom.